The normalized spacial score (nSPS) is 23.8. The molecule has 0 aromatic carbocycles. The number of β-amino-alcohol motifs (C(OH)–C–C–N with tert-alkyl or cyclic N) is 2. The van der Waals surface area contributed by atoms with Crippen molar-refractivity contribution in [2.24, 2.45) is 0 Å². The van der Waals surface area contributed by atoms with Gasteiger partial charge in [-0.1, -0.05) is 0 Å². The van der Waals surface area contributed by atoms with E-state index in [0.29, 0.717) is 18.9 Å². The minimum Gasteiger partial charge on any atom is -0.464 e. The number of methoxy groups -OCH3 is 1. The highest BCUT2D eigenvalue weighted by atomic mass is 16.5. The van der Waals surface area contributed by atoms with Crippen molar-refractivity contribution in [3.8, 4) is 0 Å². The van der Waals surface area contributed by atoms with Crippen LogP contribution in [0, 0.1) is 0 Å². The number of carbonyl (C=O) groups is 1. The number of aromatic nitrogens is 2. The number of carbonyl (C=O) groups excluding carboxylic acids is 1. The van der Waals surface area contributed by atoms with Gasteiger partial charge >= 0.3 is 5.97 Å². The lowest BCUT2D eigenvalue weighted by Crippen LogP contribution is -2.22. The van der Waals surface area contributed by atoms with Gasteiger partial charge in [0.15, 0.2) is 5.69 Å². The molecule has 0 radical (unpaired) electrons. The van der Waals surface area contributed by atoms with E-state index < -0.39 is 18.2 Å². The van der Waals surface area contributed by atoms with Crippen LogP contribution in [0.3, 0.4) is 0 Å². The number of ether oxygens (including phenoxy) is 1. The zero-order valence-electron chi connectivity index (χ0n) is 9.28. The molecule has 0 bridgehead atoms. The quantitative estimate of drug-likeness (QED) is 0.626. The number of aliphatic hydroxyl groups is 2. The molecule has 1 aromatic heterocycles. The van der Waals surface area contributed by atoms with Gasteiger partial charge in [0.25, 0.3) is 0 Å². The number of esters is 1. The Hall–Kier alpha value is -1.73. The van der Waals surface area contributed by atoms with Crippen molar-refractivity contribution < 1.29 is 19.7 Å². The summed E-state index contributed by atoms with van der Waals surface area (Å²) in [4.78, 5) is 20.8. The highest BCUT2D eigenvalue weighted by Crippen LogP contribution is 2.17. The molecule has 1 aromatic rings. The number of aliphatic hydroxyl groups excluding tert-OH is 2. The summed E-state index contributed by atoms with van der Waals surface area (Å²) in [6.45, 7) is 0.598. The molecule has 0 amide bonds. The average Bonchev–Trinajstić information content (AvgIpc) is 2.69. The molecule has 7 nitrogen and oxygen atoms in total. The van der Waals surface area contributed by atoms with Crippen LogP contribution in [0.2, 0.25) is 0 Å². The molecule has 2 unspecified atom stereocenters. The first-order valence-electron chi connectivity index (χ1n) is 5.13. The third-order valence-corrected chi connectivity index (χ3v) is 2.62. The summed E-state index contributed by atoms with van der Waals surface area (Å²) in [6, 6.07) is 0. The van der Waals surface area contributed by atoms with Gasteiger partial charge in [-0.3, -0.25) is 0 Å². The molecule has 2 N–H and O–H groups in total. The fourth-order valence-corrected chi connectivity index (χ4v) is 1.65. The minimum absolute atomic E-state index is 0.122. The monoisotopic (exact) mass is 239 g/mol. The van der Waals surface area contributed by atoms with Gasteiger partial charge in [-0.15, -0.1) is 0 Å². The van der Waals surface area contributed by atoms with E-state index in [4.69, 9.17) is 0 Å². The maximum Gasteiger partial charge on any atom is 0.358 e. The largest absolute Gasteiger partial charge is 0.464 e. The number of nitrogens with zero attached hydrogens (tertiary/aromatic N) is 3. The Morgan fingerprint density at radius 2 is 2.00 bits per heavy atom. The second-order valence-electron chi connectivity index (χ2n) is 3.79. The van der Waals surface area contributed by atoms with Crippen molar-refractivity contribution in [1.82, 2.24) is 9.97 Å². The standard InChI is InChI=1S/C10H13N3O4/c1-17-10(16)6-2-12-9(3-11-6)13-4-7(14)8(15)5-13/h2-3,7-8,14-15H,4-5H2,1H3. The molecule has 0 saturated carbocycles. The summed E-state index contributed by atoms with van der Waals surface area (Å²) < 4.78 is 4.50. The highest BCUT2D eigenvalue weighted by molar-refractivity contribution is 5.86. The molecule has 2 atom stereocenters. The molecule has 0 spiro atoms. The smallest absolute Gasteiger partial charge is 0.358 e. The maximum atomic E-state index is 11.1. The van der Waals surface area contributed by atoms with Crippen molar-refractivity contribution in [2.75, 3.05) is 25.1 Å². The summed E-state index contributed by atoms with van der Waals surface area (Å²) in [6.07, 6.45) is 1.16. The van der Waals surface area contributed by atoms with E-state index >= 15 is 0 Å². The summed E-state index contributed by atoms with van der Waals surface area (Å²) in [5.41, 5.74) is 0.122. The Labute approximate surface area is 97.7 Å². The van der Waals surface area contributed by atoms with E-state index in [1.807, 2.05) is 0 Å². The average molecular weight is 239 g/mol. The number of hydrogen-bond acceptors (Lipinski definition) is 7. The van der Waals surface area contributed by atoms with Crippen molar-refractivity contribution in [3.63, 3.8) is 0 Å². The van der Waals surface area contributed by atoms with Crippen LogP contribution in [0.25, 0.3) is 0 Å². The third kappa shape index (κ3) is 2.34. The Balaban J connectivity index is 2.11. The van der Waals surface area contributed by atoms with Crippen LogP contribution < -0.4 is 4.90 Å². The summed E-state index contributed by atoms with van der Waals surface area (Å²) in [5.74, 6) is -0.0428. The van der Waals surface area contributed by atoms with Gasteiger partial charge in [0.2, 0.25) is 0 Å². The van der Waals surface area contributed by atoms with Gasteiger partial charge in [-0.05, 0) is 0 Å². The van der Waals surface area contributed by atoms with Gasteiger partial charge < -0.3 is 19.8 Å². The molecule has 1 aliphatic heterocycles. The number of rotatable bonds is 2. The molecule has 1 fully saturated rings. The Morgan fingerprint density at radius 3 is 2.47 bits per heavy atom. The zero-order valence-corrected chi connectivity index (χ0v) is 9.28. The van der Waals surface area contributed by atoms with Crippen molar-refractivity contribution in [1.29, 1.82) is 0 Å². The van der Waals surface area contributed by atoms with Crippen LogP contribution in [0.1, 0.15) is 10.5 Å². The van der Waals surface area contributed by atoms with Crippen molar-refractivity contribution in [3.05, 3.63) is 18.1 Å². The second-order valence-corrected chi connectivity index (χ2v) is 3.79. The molecule has 1 saturated heterocycles. The number of hydrogen-bond donors (Lipinski definition) is 2. The van der Waals surface area contributed by atoms with Crippen LogP contribution in [0.15, 0.2) is 12.4 Å². The Bertz CT molecular complexity index is 399. The van der Waals surface area contributed by atoms with Gasteiger partial charge in [0, 0.05) is 13.1 Å². The van der Waals surface area contributed by atoms with E-state index in [0.717, 1.165) is 0 Å². The third-order valence-electron chi connectivity index (χ3n) is 2.62. The fourth-order valence-electron chi connectivity index (χ4n) is 1.65. The van der Waals surface area contributed by atoms with E-state index in [1.165, 1.54) is 19.5 Å². The highest BCUT2D eigenvalue weighted by Gasteiger charge is 2.30. The lowest BCUT2D eigenvalue weighted by Gasteiger charge is -2.15. The van der Waals surface area contributed by atoms with E-state index in [-0.39, 0.29) is 5.69 Å². The van der Waals surface area contributed by atoms with E-state index in [9.17, 15) is 15.0 Å². The van der Waals surface area contributed by atoms with E-state index in [1.54, 1.807) is 4.90 Å². The molecule has 2 heterocycles. The Kier molecular flexibility index (Phi) is 3.21. The minimum atomic E-state index is -0.780. The molecule has 17 heavy (non-hydrogen) atoms. The molecule has 92 valence electrons. The summed E-state index contributed by atoms with van der Waals surface area (Å²) in [7, 11) is 1.27. The summed E-state index contributed by atoms with van der Waals surface area (Å²) in [5, 5.41) is 18.8. The SMILES string of the molecule is COC(=O)c1cnc(N2CC(O)C(O)C2)cn1. The molecular formula is C10H13N3O4. The summed E-state index contributed by atoms with van der Waals surface area (Å²) >= 11 is 0. The van der Waals surface area contributed by atoms with Gasteiger partial charge in [-0.25, -0.2) is 14.8 Å². The predicted octanol–water partition coefficient (Wildman–Crippen LogP) is -1.20. The first-order chi connectivity index (χ1) is 8.11. The Morgan fingerprint density at radius 1 is 1.35 bits per heavy atom. The van der Waals surface area contributed by atoms with Gasteiger partial charge in [-0.2, -0.15) is 0 Å². The number of anilines is 1. The van der Waals surface area contributed by atoms with Crippen LogP contribution in [-0.2, 0) is 4.74 Å². The maximum absolute atomic E-state index is 11.1. The lowest BCUT2D eigenvalue weighted by atomic mass is 10.3. The first kappa shape index (κ1) is 11.7. The van der Waals surface area contributed by atoms with E-state index in [2.05, 4.69) is 14.7 Å². The zero-order chi connectivity index (χ0) is 12.4. The lowest BCUT2D eigenvalue weighted by molar-refractivity contribution is 0.0572. The van der Waals surface area contributed by atoms with Gasteiger partial charge in [0.1, 0.15) is 5.82 Å². The van der Waals surface area contributed by atoms with Crippen molar-refractivity contribution in [2.45, 2.75) is 12.2 Å². The fraction of sp³-hybridized carbons (Fsp3) is 0.500. The van der Waals surface area contributed by atoms with Crippen LogP contribution in [0.5, 0.6) is 0 Å². The molecule has 2 rings (SSSR count). The van der Waals surface area contributed by atoms with Crippen LogP contribution in [0.4, 0.5) is 5.82 Å². The first-order valence-corrected chi connectivity index (χ1v) is 5.13. The topological polar surface area (TPSA) is 95.8 Å². The molecular weight excluding hydrogens is 226 g/mol. The van der Waals surface area contributed by atoms with Crippen LogP contribution in [-0.4, -0.2) is 58.6 Å². The van der Waals surface area contributed by atoms with Crippen LogP contribution >= 0.6 is 0 Å². The molecule has 1 aliphatic rings. The molecule has 0 aliphatic carbocycles. The molecule has 7 heteroatoms. The van der Waals surface area contributed by atoms with Gasteiger partial charge in [0.05, 0.1) is 31.7 Å². The van der Waals surface area contributed by atoms with Crippen molar-refractivity contribution >= 4 is 11.8 Å². The second kappa shape index (κ2) is 4.64. The predicted molar refractivity (Wildman–Crippen MR) is 57.6 cm³/mol.